The molecule has 2 rings (SSSR count). The molecule has 0 N–H and O–H groups in total. The fraction of sp³-hybridized carbons (Fsp3) is 0.353. The highest BCUT2D eigenvalue weighted by Crippen LogP contribution is 2.20. The van der Waals surface area contributed by atoms with Gasteiger partial charge in [-0.1, -0.05) is 32.9 Å². The Morgan fingerprint density at radius 3 is 2.25 bits per heavy atom. The molecule has 0 amide bonds. The summed E-state index contributed by atoms with van der Waals surface area (Å²) in [5.74, 6) is 0.823. The molecule has 0 bridgehead atoms. The van der Waals surface area contributed by atoms with Gasteiger partial charge < -0.3 is 9.30 Å². The minimum absolute atomic E-state index is 0.00162. The van der Waals surface area contributed by atoms with Crippen LogP contribution in [0.2, 0.25) is 0 Å². The van der Waals surface area contributed by atoms with E-state index < -0.39 is 0 Å². The second-order valence-corrected chi connectivity index (χ2v) is 5.98. The summed E-state index contributed by atoms with van der Waals surface area (Å²) in [5, 5.41) is 0. The molecule has 1 aromatic heterocycles. The Bertz CT molecular complexity index is 633. The molecule has 2 aromatic rings. The molecule has 106 valence electrons. The van der Waals surface area contributed by atoms with Gasteiger partial charge in [-0.3, -0.25) is 4.79 Å². The number of hydrogen-bond donors (Lipinski definition) is 0. The van der Waals surface area contributed by atoms with Gasteiger partial charge in [0.25, 0.3) is 5.56 Å². The molecule has 1 aromatic carbocycles. The van der Waals surface area contributed by atoms with Crippen LogP contribution in [0.4, 0.5) is 0 Å². The topological polar surface area (TPSA) is 31.2 Å². The lowest BCUT2D eigenvalue weighted by molar-refractivity contribution is 0.414. The van der Waals surface area contributed by atoms with E-state index in [9.17, 15) is 4.79 Å². The predicted octanol–water partition coefficient (Wildman–Crippen LogP) is 3.20. The third kappa shape index (κ3) is 3.29. The van der Waals surface area contributed by atoms with Crippen LogP contribution in [-0.2, 0) is 12.0 Å². The van der Waals surface area contributed by atoms with Crippen molar-refractivity contribution in [2.45, 2.75) is 32.7 Å². The van der Waals surface area contributed by atoms with Crippen molar-refractivity contribution in [3.63, 3.8) is 0 Å². The van der Waals surface area contributed by atoms with Gasteiger partial charge in [-0.15, -0.1) is 0 Å². The van der Waals surface area contributed by atoms with Gasteiger partial charge in [-0.05, 0) is 34.7 Å². The molecule has 0 aliphatic carbocycles. The maximum absolute atomic E-state index is 12.2. The molecule has 1 heterocycles. The first-order valence-electron chi connectivity index (χ1n) is 6.74. The van der Waals surface area contributed by atoms with Crippen molar-refractivity contribution >= 4 is 0 Å². The van der Waals surface area contributed by atoms with Gasteiger partial charge in [0.2, 0.25) is 0 Å². The summed E-state index contributed by atoms with van der Waals surface area (Å²) < 4.78 is 6.85. The molecule has 0 aliphatic heterocycles. The van der Waals surface area contributed by atoms with Crippen molar-refractivity contribution in [2.24, 2.45) is 0 Å². The molecule has 0 atom stereocenters. The third-order valence-corrected chi connectivity index (χ3v) is 3.37. The number of rotatable bonds is 3. The first kappa shape index (κ1) is 14.4. The van der Waals surface area contributed by atoms with Crippen LogP contribution in [0.15, 0.2) is 47.4 Å². The summed E-state index contributed by atoms with van der Waals surface area (Å²) in [4.78, 5) is 12.2. The van der Waals surface area contributed by atoms with Crippen LogP contribution >= 0.6 is 0 Å². The zero-order chi connectivity index (χ0) is 14.8. The Hall–Kier alpha value is -2.03. The summed E-state index contributed by atoms with van der Waals surface area (Å²) in [7, 11) is 1.64. The molecule has 0 aliphatic rings. The Balaban J connectivity index is 2.23. The van der Waals surface area contributed by atoms with Gasteiger partial charge in [0.05, 0.1) is 13.7 Å². The van der Waals surface area contributed by atoms with Gasteiger partial charge >= 0.3 is 0 Å². The number of pyridine rings is 1. The lowest BCUT2D eigenvalue weighted by Crippen LogP contribution is -2.23. The third-order valence-electron chi connectivity index (χ3n) is 3.37. The van der Waals surface area contributed by atoms with Crippen LogP contribution in [0.1, 0.15) is 31.9 Å². The van der Waals surface area contributed by atoms with Crippen molar-refractivity contribution in [1.29, 1.82) is 0 Å². The van der Waals surface area contributed by atoms with Crippen LogP contribution < -0.4 is 10.3 Å². The van der Waals surface area contributed by atoms with E-state index in [1.165, 1.54) is 0 Å². The Morgan fingerprint density at radius 2 is 1.75 bits per heavy atom. The molecular formula is C17H21NO2. The standard InChI is InChI=1S/C17H21NO2/c1-17(2,3)14-9-10-18(16(19)11-14)12-13-5-7-15(20-4)8-6-13/h5-11H,12H2,1-4H3. The van der Waals surface area contributed by atoms with E-state index in [0.717, 1.165) is 16.9 Å². The number of methoxy groups -OCH3 is 1. The molecule has 20 heavy (non-hydrogen) atoms. The van der Waals surface area contributed by atoms with Crippen LogP contribution in [0.5, 0.6) is 5.75 Å². The maximum atomic E-state index is 12.2. The van der Waals surface area contributed by atoms with Gasteiger partial charge in [0.1, 0.15) is 5.75 Å². The van der Waals surface area contributed by atoms with E-state index in [1.54, 1.807) is 17.7 Å². The van der Waals surface area contributed by atoms with E-state index in [0.29, 0.717) is 6.54 Å². The number of ether oxygens (including phenoxy) is 1. The van der Waals surface area contributed by atoms with E-state index in [4.69, 9.17) is 4.74 Å². The molecule has 0 saturated carbocycles. The summed E-state index contributed by atoms with van der Waals surface area (Å²) in [6.07, 6.45) is 1.87. The zero-order valence-electron chi connectivity index (χ0n) is 12.5. The first-order valence-corrected chi connectivity index (χ1v) is 6.74. The van der Waals surface area contributed by atoms with Crippen LogP contribution in [0.25, 0.3) is 0 Å². The SMILES string of the molecule is COc1ccc(Cn2ccc(C(C)(C)C)cc2=O)cc1. The van der Waals surface area contributed by atoms with Crippen molar-refractivity contribution in [1.82, 2.24) is 4.57 Å². The second kappa shape index (κ2) is 5.53. The fourth-order valence-electron chi connectivity index (χ4n) is 2.03. The zero-order valence-corrected chi connectivity index (χ0v) is 12.5. The summed E-state index contributed by atoms with van der Waals surface area (Å²) >= 11 is 0. The summed E-state index contributed by atoms with van der Waals surface area (Å²) in [5.41, 5.74) is 2.18. The van der Waals surface area contributed by atoms with Gasteiger partial charge in [0, 0.05) is 12.3 Å². The fourth-order valence-corrected chi connectivity index (χ4v) is 2.03. The Morgan fingerprint density at radius 1 is 1.10 bits per heavy atom. The molecule has 0 saturated heterocycles. The van der Waals surface area contributed by atoms with Gasteiger partial charge in [0.15, 0.2) is 0 Å². The highest BCUT2D eigenvalue weighted by molar-refractivity contribution is 5.27. The summed E-state index contributed by atoms with van der Waals surface area (Å²) in [6.45, 7) is 6.90. The van der Waals surface area contributed by atoms with Crippen LogP contribution in [0.3, 0.4) is 0 Å². The quantitative estimate of drug-likeness (QED) is 0.858. The van der Waals surface area contributed by atoms with Crippen LogP contribution in [0, 0.1) is 0 Å². The molecule has 0 fully saturated rings. The average Bonchev–Trinajstić information content (AvgIpc) is 2.41. The summed E-state index contributed by atoms with van der Waals surface area (Å²) in [6, 6.07) is 11.5. The van der Waals surface area contributed by atoms with Crippen LogP contribution in [-0.4, -0.2) is 11.7 Å². The molecular weight excluding hydrogens is 250 g/mol. The van der Waals surface area contributed by atoms with E-state index in [2.05, 4.69) is 20.8 Å². The highest BCUT2D eigenvalue weighted by atomic mass is 16.5. The highest BCUT2D eigenvalue weighted by Gasteiger charge is 2.14. The Kier molecular flexibility index (Phi) is 3.98. The smallest absolute Gasteiger partial charge is 0.251 e. The van der Waals surface area contributed by atoms with E-state index in [-0.39, 0.29) is 11.0 Å². The van der Waals surface area contributed by atoms with Crippen molar-refractivity contribution in [3.8, 4) is 5.75 Å². The minimum Gasteiger partial charge on any atom is -0.497 e. The van der Waals surface area contributed by atoms with Crippen molar-refractivity contribution < 1.29 is 4.74 Å². The largest absolute Gasteiger partial charge is 0.497 e. The first-order chi connectivity index (χ1) is 9.40. The molecule has 3 heteroatoms. The van der Waals surface area contributed by atoms with Crippen molar-refractivity contribution in [3.05, 3.63) is 64.1 Å². The maximum Gasteiger partial charge on any atom is 0.251 e. The minimum atomic E-state index is -0.00162. The lowest BCUT2D eigenvalue weighted by atomic mass is 9.88. The number of nitrogens with zero attached hydrogens (tertiary/aromatic N) is 1. The molecule has 0 radical (unpaired) electrons. The number of benzene rings is 1. The van der Waals surface area contributed by atoms with E-state index in [1.807, 2.05) is 36.5 Å². The normalized spacial score (nSPS) is 11.4. The van der Waals surface area contributed by atoms with Gasteiger partial charge in [-0.2, -0.15) is 0 Å². The number of hydrogen-bond acceptors (Lipinski definition) is 2. The molecule has 3 nitrogen and oxygen atoms in total. The molecule has 0 spiro atoms. The predicted molar refractivity (Wildman–Crippen MR) is 81.5 cm³/mol. The number of aromatic nitrogens is 1. The van der Waals surface area contributed by atoms with Gasteiger partial charge in [-0.25, -0.2) is 0 Å². The Labute approximate surface area is 119 Å². The lowest BCUT2D eigenvalue weighted by Gasteiger charge is -2.19. The monoisotopic (exact) mass is 271 g/mol. The van der Waals surface area contributed by atoms with Crippen molar-refractivity contribution in [2.75, 3.05) is 7.11 Å². The van der Waals surface area contributed by atoms with E-state index >= 15 is 0 Å². The second-order valence-electron chi connectivity index (χ2n) is 5.98. The molecule has 0 unspecified atom stereocenters. The average molecular weight is 271 g/mol.